The fourth-order valence-corrected chi connectivity index (χ4v) is 4.21. The summed E-state index contributed by atoms with van der Waals surface area (Å²) in [7, 11) is -0.801. The number of hydrogen-bond acceptors (Lipinski definition) is 7. The van der Waals surface area contributed by atoms with E-state index in [1.807, 2.05) is 4.57 Å². The van der Waals surface area contributed by atoms with E-state index < -0.39 is 30.2 Å². The van der Waals surface area contributed by atoms with Crippen LogP contribution in [0.25, 0.3) is 10.3 Å². The lowest BCUT2D eigenvalue weighted by Crippen LogP contribution is -2.33. The fraction of sp³-hybridized carbons (Fsp3) is 0.333. The maximum atomic E-state index is 14.4. The molecule has 1 saturated heterocycles. The van der Waals surface area contributed by atoms with Crippen molar-refractivity contribution in [3.63, 3.8) is 0 Å². The number of thiophene rings is 1. The normalized spacial score (nSPS) is 16.1. The first kappa shape index (κ1) is 20.0. The molecule has 2 N–H and O–H groups in total. The zero-order valence-electron chi connectivity index (χ0n) is 15.4. The van der Waals surface area contributed by atoms with Crippen LogP contribution >= 0.6 is 11.3 Å². The van der Waals surface area contributed by atoms with E-state index in [0.29, 0.717) is 34.2 Å². The molecule has 1 atom stereocenters. The van der Waals surface area contributed by atoms with Crippen molar-refractivity contribution in [3.05, 3.63) is 46.1 Å². The number of benzene rings is 1. The predicted octanol–water partition coefficient (Wildman–Crippen LogP) is 1.22. The Morgan fingerprint density at radius 3 is 2.76 bits per heavy atom. The maximum absolute atomic E-state index is 14.4. The molecule has 0 bridgehead atoms. The first-order valence-corrected chi connectivity index (χ1v) is 9.71. The van der Waals surface area contributed by atoms with E-state index in [1.165, 1.54) is 7.11 Å². The van der Waals surface area contributed by atoms with Gasteiger partial charge in [-0.15, -0.1) is 11.3 Å². The van der Waals surface area contributed by atoms with Gasteiger partial charge >= 0.3 is 13.1 Å². The van der Waals surface area contributed by atoms with E-state index in [0.717, 1.165) is 29.9 Å². The first-order valence-electron chi connectivity index (χ1n) is 8.90. The summed E-state index contributed by atoms with van der Waals surface area (Å²) < 4.78 is 40.6. The number of carbonyl (C=O) groups excluding carboxylic acids is 1. The van der Waals surface area contributed by atoms with Gasteiger partial charge in [0.05, 0.1) is 25.3 Å². The van der Waals surface area contributed by atoms with Gasteiger partial charge in [0.1, 0.15) is 27.2 Å². The zero-order valence-corrected chi connectivity index (χ0v) is 16.2. The van der Waals surface area contributed by atoms with Gasteiger partial charge in [0, 0.05) is 18.5 Å². The van der Waals surface area contributed by atoms with E-state index in [-0.39, 0.29) is 18.1 Å². The van der Waals surface area contributed by atoms with Crippen LogP contribution < -0.4 is 5.46 Å². The van der Waals surface area contributed by atoms with Crippen molar-refractivity contribution in [1.29, 1.82) is 0 Å². The number of aromatic nitrogens is 2. The molecule has 0 spiro atoms. The number of hydrogen-bond donors (Lipinski definition) is 2. The van der Waals surface area contributed by atoms with Gasteiger partial charge in [-0.3, -0.25) is 0 Å². The molecular formula is C18H17BF2N2O5S. The largest absolute Gasteiger partial charge is 0.491 e. The third kappa shape index (κ3) is 3.78. The van der Waals surface area contributed by atoms with Crippen molar-refractivity contribution in [2.45, 2.75) is 25.5 Å². The molecule has 1 aromatic carbocycles. The van der Waals surface area contributed by atoms with E-state index in [1.54, 1.807) is 6.07 Å². The van der Waals surface area contributed by atoms with Crippen LogP contribution in [0.1, 0.15) is 27.5 Å². The van der Waals surface area contributed by atoms with Crippen LogP contribution in [0.15, 0.2) is 18.2 Å². The number of esters is 1. The molecule has 3 heterocycles. The molecule has 1 aliphatic heterocycles. The molecule has 7 nitrogen and oxygen atoms in total. The smallest absolute Gasteiger partial charge is 0.465 e. The Morgan fingerprint density at radius 2 is 2.14 bits per heavy atom. The lowest BCUT2D eigenvalue weighted by atomic mass is 9.79. The Hall–Kier alpha value is -2.34. The monoisotopic (exact) mass is 422 g/mol. The Morgan fingerprint density at radius 1 is 1.38 bits per heavy atom. The summed E-state index contributed by atoms with van der Waals surface area (Å²) in [6, 6.07) is 3.38. The SMILES string of the molecule is COC(=O)c1cc2c(nc(Cc3cc(F)c(B(O)O)cc3F)n2C[C@@H]2CCO2)s1. The van der Waals surface area contributed by atoms with Crippen LogP contribution in [-0.4, -0.2) is 52.5 Å². The van der Waals surface area contributed by atoms with Gasteiger partial charge in [-0.1, -0.05) is 0 Å². The standard InChI is InChI=1S/C18H17BF2N2O5S/c1-27-18(24)15-7-14-17(29-15)22-16(23(14)8-10-2-3-28-10)5-9-4-13(21)11(19(25)26)6-12(9)20/h4,6-7,10,25-26H,2-3,5,8H2,1H3/t10-/m0/s1. The lowest BCUT2D eigenvalue weighted by molar-refractivity contribution is -0.0589. The molecule has 1 aliphatic rings. The van der Waals surface area contributed by atoms with Gasteiger partial charge in [-0.2, -0.15) is 0 Å². The van der Waals surface area contributed by atoms with Gasteiger partial charge < -0.3 is 24.1 Å². The number of nitrogens with zero attached hydrogens (tertiary/aromatic N) is 2. The average Bonchev–Trinajstić information content (AvgIpc) is 3.18. The summed E-state index contributed by atoms with van der Waals surface area (Å²) >= 11 is 1.16. The molecule has 0 aliphatic carbocycles. The van der Waals surface area contributed by atoms with Crippen molar-refractivity contribution >= 4 is 40.2 Å². The minimum absolute atomic E-state index is 0.00770. The molecule has 1 fully saturated rings. The van der Waals surface area contributed by atoms with Gasteiger partial charge in [0.2, 0.25) is 0 Å². The molecule has 29 heavy (non-hydrogen) atoms. The number of carbonyl (C=O) groups is 1. The maximum Gasteiger partial charge on any atom is 0.491 e. The third-order valence-corrected chi connectivity index (χ3v) is 5.88. The molecule has 0 amide bonds. The number of ether oxygens (including phenoxy) is 2. The highest BCUT2D eigenvalue weighted by molar-refractivity contribution is 7.20. The number of methoxy groups -OCH3 is 1. The van der Waals surface area contributed by atoms with Crippen LogP contribution in [0.4, 0.5) is 8.78 Å². The van der Waals surface area contributed by atoms with Crippen LogP contribution in [0.2, 0.25) is 0 Å². The highest BCUT2D eigenvalue weighted by Gasteiger charge is 2.25. The molecule has 3 aromatic rings. The second kappa shape index (κ2) is 7.83. The Kier molecular flexibility index (Phi) is 5.39. The number of imidazole rings is 1. The van der Waals surface area contributed by atoms with Crippen molar-refractivity contribution in [2.24, 2.45) is 0 Å². The molecule has 0 radical (unpaired) electrons. The Balaban J connectivity index is 1.72. The molecule has 2 aromatic heterocycles. The number of fused-ring (bicyclic) bond motifs is 1. The van der Waals surface area contributed by atoms with Gasteiger partial charge in [0.15, 0.2) is 0 Å². The zero-order chi connectivity index (χ0) is 20.7. The third-order valence-electron chi connectivity index (χ3n) is 4.89. The van der Waals surface area contributed by atoms with Gasteiger partial charge in [-0.05, 0) is 30.2 Å². The van der Waals surface area contributed by atoms with Crippen LogP contribution in [-0.2, 0) is 22.4 Å². The van der Waals surface area contributed by atoms with E-state index in [4.69, 9.17) is 19.5 Å². The summed E-state index contributed by atoms with van der Waals surface area (Å²) in [6.45, 7) is 1.14. The Labute approximate surface area is 168 Å². The van der Waals surface area contributed by atoms with Gasteiger partial charge in [0.25, 0.3) is 0 Å². The quantitative estimate of drug-likeness (QED) is 0.459. The molecule has 0 unspecified atom stereocenters. The van der Waals surface area contributed by atoms with Crippen LogP contribution in [0.3, 0.4) is 0 Å². The summed E-state index contributed by atoms with van der Waals surface area (Å²) in [5.74, 6) is -1.64. The molecular weight excluding hydrogens is 405 g/mol. The highest BCUT2D eigenvalue weighted by Crippen LogP contribution is 2.30. The van der Waals surface area contributed by atoms with E-state index in [9.17, 15) is 13.6 Å². The summed E-state index contributed by atoms with van der Waals surface area (Å²) in [4.78, 5) is 17.3. The number of rotatable bonds is 6. The van der Waals surface area contributed by atoms with E-state index in [2.05, 4.69) is 4.98 Å². The van der Waals surface area contributed by atoms with Crippen molar-refractivity contribution in [2.75, 3.05) is 13.7 Å². The number of halogens is 2. The topological polar surface area (TPSA) is 93.8 Å². The average molecular weight is 422 g/mol. The van der Waals surface area contributed by atoms with E-state index >= 15 is 0 Å². The van der Waals surface area contributed by atoms with Crippen molar-refractivity contribution in [3.8, 4) is 0 Å². The van der Waals surface area contributed by atoms with Crippen molar-refractivity contribution in [1.82, 2.24) is 9.55 Å². The second-order valence-corrected chi connectivity index (χ2v) is 7.76. The minimum Gasteiger partial charge on any atom is -0.465 e. The molecule has 4 rings (SSSR count). The van der Waals surface area contributed by atoms with Gasteiger partial charge in [-0.25, -0.2) is 18.6 Å². The summed E-state index contributed by atoms with van der Waals surface area (Å²) in [6.07, 6.45) is 0.854. The van der Waals surface area contributed by atoms with Crippen molar-refractivity contribution < 1.29 is 33.1 Å². The molecule has 11 heteroatoms. The second-order valence-electron chi connectivity index (χ2n) is 6.73. The predicted molar refractivity (Wildman–Crippen MR) is 102 cm³/mol. The summed E-state index contributed by atoms with van der Waals surface area (Å²) in [5.41, 5.74) is 0.207. The minimum atomic E-state index is -2.10. The fourth-order valence-electron chi connectivity index (χ4n) is 3.24. The highest BCUT2D eigenvalue weighted by atomic mass is 32.1. The molecule has 152 valence electrons. The molecule has 0 saturated carbocycles. The Bertz CT molecular complexity index is 1080. The summed E-state index contributed by atoms with van der Waals surface area (Å²) in [5, 5.41) is 18.3. The van der Waals surface area contributed by atoms with Crippen LogP contribution in [0.5, 0.6) is 0 Å². The first-order chi connectivity index (χ1) is 13.9. The lowest BCUT2D eigenvalue weighted by Gasteiger charge is -2.27. The van der Waals surface area contributed by atoms with Crippen LogP contribution in [0, 0.1) is 11.6 Å².